The summed E-state index contributed by atoms with van der Waals surface area (Å²) >= 11 is 5.52. The maximum Gasteiger partial charge on any atom is 0.315 e. The molecule has 0 spiro atoms. The quantitative estimate of drug-likeness (QED) is 0.761. The van der Waals surface area contributed by atoms with Crippen molar-refractivity contribution in [3.8, 4) is 0 Å². The van der Waals surface area contributed by atoms with Gasteiger partial charge in [-0.3, -0.25) is 0 Å². The van der Waals surface area contributed by atoms with Crippen LogP contribution in [0.2, 0.25) is 0 Å². The summed E-state index contributed by atoms with van der Waals surface area (Å²) < 4.78 is 5.21. The molecule has 1 saturated carbocycles. The van der Waals surface area contributed by atoms with E-state index in [0.29, 0.717) is 17.9 Å². The van der Waals surface area contributed by atoms with E-state index in [2.05, 4.69) is 22.4 Å². The molecule has 0 unspecified atom stereocenters. The van der Waals surface area contributed by atoms with Crippen LogP contribution in [-0.2, 0) is 5.88 Å². The third kappa shape index (κ3) is 1.94. The van der Waals surface area contributed by atoms with E-state index in [4.69, 9.17) is 16.0 Å². The molecule has 0 amide bonds. The summed E-state index contributed by atoms with van der Waals surface area (Å²) in [5.41, 5.74) is 0. The lowest BCUT2D eigenvalue weighted by Gasteiger charge is -2.32. The van der Waals surface area contributed by atoms with E-state index in [-0.39, 0.29) is 5.88 Å². The largest absolute Gasteiger partial charge is 0.407 e. The molecule has 13 heavy (non-hydrogen) atoms. The summed E-state index contributed by atoms with van der Waals surface area (Å²) in [6, 6.07) is 0.992. The van der Waals surface area contributed by atoms with Gasteiger partial charge in [-0.25, -0.2) is 0 Å². The van der Waals surface area contributed by atoms with Gasteiger partial charge in [0.1, 0.15) is 5.88 Å². The summed E-state index contributed by atoms with van der Waals surface area (Å²) in [6.45, 7) is 2.23. The minimum atomic E-state index is 0.274. The van der Waals surface area contributed by atoms with Crippen LogP contribution in [0.1, 0.15) is 25.7 Å². The smallest absolute Gasteiger partial charge is 0.315 e. The third-order valence-electron chi connectivity index (χ3n) is 2.28. The van der Waals surface area contributed by atoms with Crippen LogP contribution in [0.15, 0.2) is 4.42 Å². The maximum absolute atomic E-state index is 5.52. The van der Waals surface area contributed by atoms with Gasteiger partial charge in [-0.15, -0.1) is 16.7 Å². The Morgan fingerprint density at radius 3 is 2.85 bits per heavy atom. The average molecular weight is 202 g/mol. The predicted molar refractivity (Wildman–Crippen MR) is 49.7 cm³/mol. The van der Waals surface area contributed by atoms with Gasteiger partial charge in [0.15, 0.2) is 0 Å². The highest BCUT2D eigenvalue weighted by Crippen LogP contribution is 2.28. The van der Waals surface area contributed by atoms with Crippen LogP contribution in [0.5, 0.6) is 0 Å². The molecule has 2 rings (SSSR count). The zero-order valence-corrected chi connectivity index (χ0v) is 8.21. The van der Waals surface area contributed by atoms with Crippen LogP contribution in [0.25, 0.3) is 0 Å². The molecule has 1 aromatic heterocycles. The molecule has 5 heteroatoms. The fourth-order valence-electron chi connectivity index (χ4n) is 1.56. The predicted octanol–water partition coefficient (Wildman–Crippen LogP) is 2.02. The summed E-state index contributed by atoms with van der Waals surface area (Å²) in [5.74, 6) is 1.56. The minimum absolute atomic E-state index is 0.274. The van der Waals surface area contributed by atoms with E-state index in [1.54, 1.807) is 0 Å². The Kier molecular flexibility index (Phi) is 2.40. The molecule has 0 bridgehead atoms. The van der Waals surface area contributed by atoms with E-state index in [1.807, 2.05) is 0 Å². The number of hydrogen-bond acceptors (Lipinski definition) is 4. The Morgan fingerprint density at radius 2 is 2.31 bits per heavy atom. The highest BCUT2D eigenvalue weighted by atomic mass is 35.5. The van der Waals surface area contributed by atoms with Crippen molar-refractivity contribution in [1.29, 1.82) is 0 Å². The molecule has 0 atom stereocenters. The Balaban J connectivity index is 1.87. The monoisotopic (exact) mass is 201 g/mol. The van der Waals surface area contributed by atoms with Crippen LogP contribution in [-0.4, -0.2) is 16.2 Å². The fraction of sp³-hybridized carbons (Fsp3) is 0.750. The zero-order valence-electron chi connectivity index (χ0n) is 7.46. The normalized spacial score (nSPS) is 26.9. The van der Waals surface area contributed by atoms with Crippen molar-refractivity contribution in [3.63, 3.8) is 0 Å². The first kappa shape index (κ1) is 8.81. The molecule has 0 aliphatic heterocycles. The summed E-state index contributed by atoms with van der Waals surface area (Å²) in [4.78, 5) is 0. The van der Waals surface area contributed by atoms with Gasteiger partial charge in [-0.05, 0) is 18.8 Å². The molecule has 0 aromatic carbocycles. The molecule has 1 aliphatic carbocycles. The third-order valence-corrected chi connectivity index (χ3v) is 2.51. The van der Waals surface area contributed by atoms with Gasteiger partial charge in [-0.2, -0.15) is 0 Å². The summed E-state index contributed by atoms with van der Waals surface area (Å²) in [6.07, 6.45) is 2.36. The second-order valence-corrected chi connectivity index (χ2v) is 3.82. The Bertz CT molecular complexity index is 283. The van der Waals surface area contributed by atoms with Crippen LogP contribution < -0.4 is 5.32 Å². The van der Waals surface area contributed by atoms with E-state index >= 15 is 0 Å². The van der Waals surface area contributed by atoms with E-state index in [9.17, 15) is 0 Å². The number of alkyl halides is 1. The number of hydrogen-bond donors (Lipinski definition) is 1. The number of aromatic nitrogens is 2. The van der Waals surface area contributed by atoms with Crippen molar-refractivity contribution >= 4 is 17.6 Å². The van der Waals surface area contributed by atoms with Gasteiger partial charge in [0.2, 0.25) is 5.89 Å². The molecular formula is C8H12ClN3O. The van der Waals surface area contributed by atoms with Gasteiger partial charge < -0.3 is 9.73 Å². The second-order valence-electron chi connectivity index (χ2n) is 3.55. The Hall–Kier alpha value is -0.770. The molecule has 1 aliphatic rings. The van der Waals surface area contributed by atoms with E-state index in [0.717, 1.165) is 5.92 Å². The molecule has 1 aromatic rings. The summed E-state index contributed by atoms with van der Waals surface area (Å²) in [5, 5.41) is 10.7. The van der Waals surface area contributed by atoms with Gasteiger partial charge >= 0.3 is 6.01 Å². The Labute approximate surface area is 81.7 Å². The van der Waals surface area contributed by atoms with Crippen molar-refractivity contribution in [3.05, 3.63) is 5.89 Å². The van der Waals surface area contributed by atoms with Crippen molar-refractivity contribution in [2.75, 3.05) is 5.32 Å². The number of nitrogens with one attached hydrogen (secondary N) is 1. The minimum Gasteiger partial charge on any atom is -0.407 e. The van der Waals surface area contributed by atoms with E-state index < -0.39 is 0 Å². The second kappa shape index (κ2) is 3.54. The maximum atomic E-state index is 5.52. The Morgan fingerprint density at radius 1 is 1.54 bits per heavy atom. The van der Waals surface area contributed by atoms with Crippen molar-refractivity contribution in [2.45, 2.75) is 31.7 Å². The SMILES string of the molecule is CC1CC(Nc2nnc(CCl)o2)C1. The van der Waals surface area contributed by atoms with Crippen LogP contribution in [0.4, 0.5) is 6.01 Å². The van der Waals surface area contributed by atoms with Crippen molar-refractivity contribution in [2.24, 2.45) is 5.92 Å². The van der Waals surface area contributed by atoms with Crippen molar-refractivity contribution < 1.29 is 4.42 Å². The number of halogens is 1. The number of anilines is 1. The molecule has 1 N–H and O–H groups in total. The molecule has 72 valence electrons. The highest BCUT2D eigenvalue weighted by Gasteiger charge is 2.26. The first-order valence-electron chi connectivity index (χ1n) is 4.43. The summed E-state index contributed by atoms with van der Waals surface area (Å²) in [7, 11) is 0. The average Bonchev–Trinajstić information content (AvgIpc) is 2.50. The van der Waals surface area contributed by atoms with Crippen molar-refractivity contribution in [1.82, 2.24) is 10.2 Å². The van der Waals surface area contributed by atoms with Crippen LogP contribution in [0.3, 0.4) is 0 Å². The highest BCUT2D eigenvalue weighted by molar-refractivity contribution is 6.16. The standard InChI is InChI=1S/C8H12ClN3O/c1-5-2-6(3-5)10-8-12-11-7(4-9)13-8/h5-6H,2-4H2,1H3,(H,10,12). The van der Waals surface area contributed by atoms with Gasteiger partial charge in [0, 0.05) is 6.04 Å². The van der Waals surface area contributed by atoms with Crippen LogP contribution >= 0.6 is 11.6 Å². The molecular weight excluding hydrogens is 190 g/mol. The van der Waals surface area contributed by atoms with E-state index in [1.165, 1.54) is 12.8 Å². The fourth-order valence-corrected chi connectivity index (χ4v) is 1.67. The van der Waals surface area contributed by atoms with Crippen LogP contribution in [0, 0.1) is 5.92 Å². The first-order valence-corrected chi connectivity index (χ1v) is 4.96. The lowest BCUT2D eigenvalue weighted by atomic mass is 9.82. The molecule has 1 heterocycles. The number of nitrogens with zero attached hydrogens (tertiary/aromatic N) is 2. The zero-order chi connectivity index (χ0) is 9.26. The molecule has 1 fully saturated rings. The lowest BCUT2D eigenvalue weighted by molar-refractivity contribution is 0.303. The van der Waals surface area contributed by atoms with Gasteiger partial charge in [0.05, 0.1) is 0 Å². The molecule has 0 saturated heterocycles. The lowest BCUT2D eigenvalue weighted by Crippen LogP contribution is -2.33. The molecule has 4 nitrogen and oxygen atoms in total. The first-order chi connectivity index (χ1) is 6.28. The number of rotatable bonds is 3. The molecule has 0 radical (unpaired) electrons. The van der Waals surface area contributed by atoms with Gasteiger partial charge in [-0.1, -0.05) is 12.0 Å². The topological polar surface area (TPSA) is 51.0 Å². The van der Waals surface area contributed by atoms with Gasteiger partial charge in [0.25, 0.3) is 0 Å².